The number of nitrogens with zero attached hydrogens (tertiary/aromatic N) is 1. The Kier molecular flexibility index (Phi) is 3.23. The van der Waals surface area contributed by atoms with Gasteiger partial charge in [0.2, 0.25) is 0 Å². The van der Waals surface area contributed by atoms with Crippen LogP contribution in [-0.2, 0) is 6.42 Å². The summed E-state index contributed by atoms with van der Waals surface area (Å²) in [4.78, 5) is 0. The molecule has 2 nitrogen and oxygen atoms in total. The number of rotatable bonds is 4. The summed E-state index contributed by atoms with van der Waals surface area (Å²) in [7, 11) is 0. The Balaban J connectivity index is 1.94. The molecule has 2 unspecified atom stereocenters. The van der Waals surface area contributed by atoms with Crippen LogP contribution >= 0.6 is 0 Å². The molecule has 0 bridgehead atoms. The Morgan fingerprint density at radius 3 is 2.83 bits per heavy atom. The molecule has 2 aliphatic rings. The molecule has 0 aromatic carbocycles. The van der Waals surface area contributed by atoms with Gasteiger partial charge in [-0.05, 0) is 51.0 Å². The van der Waals surface area contributed by atoms with E-state index in [2.05, 4.69) is 24.5 Å². The lowest BCUT2D eigenvalue weighted by Crippen LogP contribution is -2.17. The van der Waals surface area contributed by atoms with Crippen LogP contribution in [0.1, 0.15) is 74.5 Å². The Morgan fingerprint density at radius 2 is 2.17 bits per heavy atom. The van der Waals surface area contributed by atoms with Gasteiger partial charge in [-0.3, -0.25) is 0 Å². The van der Waals surface area contributed by atoms with E-state index < -0.39 is 0 Å². The van der Waals surface area contributed by atoms with Gasteiger partial charge < -0.3 is 9.67 Å². The molecule has 2 aliphatic carbocycles. The van der Waals surface area contributed by atoms with Gasteiger partial charge in [-0.2, -0.15) is 0 Å². The van der Waals surface area contributed by atoms with Crippen LogP contribution < -0.4 is 0 Å². The lowest BCUT2D eigenvalue weighted by molar-refractivity contribution is 0.155. The summed E-state index contributed by atoms with van der Waals surface area (Å²) >= 11 is 0. The van der Waals surface area contributed by atoms with Gasteiger partial charge in [-0.25, -0.2) is 0 Å². The molecule has 1 aromatic heterocycles. The predicted octanol–water partition coefficient (Wildman–Crippen LogP) is 3.92. The molecular weight excluding hydrogens is 222 g/mol. The van der Waals surface area contributed by atoms with Gasteiger partial charge in [-0.1, -0.05) is 19.8 Å². The minimum absolute atomic E-state index is 0.216. The third kappa shape index (κ3) is 2.11. The zero-order valence-electron chi connectivity index (χ0n) is 11.7. The van der Waals surface area contributed by atoms with E-state index in [4.69, 9.17) is 0 Å². The third-order valence-electron chi connectivity index (χ3n) is 4.76. The Hall–Kier alpha value is -0.760. The Bertz CT molecular complexity index is 431. The molecule has 1 heterocycles. The van der Waals surface area contributed by atoms with Crippen LogP contribution in [0.2, 0.25) is 0 Å². The second kappa shape index (κ2) is 4.73. The first-order valence-electron chi connectivity index (χ1n) is 7.59. The Labute approximate surface area is 110 Å². The molecule has 1 saturated carbocycles. The maximum Gasteiger partial charge on any atom is 0.0807 e. The molecule has 1 N–H and O–H groups in total. The van der Waals surface area contributed by atoms with Crippen molar-refractivity contribution < 1.29 is 5.11 Å². The van der Waals surface area contributed by atoms with Gasteiger partial charge in [0, 0.05) is 23.0 Å². The summed E-state index contributed by atoms with van der Waals surface area (Å²) in [5.74, 6) is 0.973. The highest BCUT2D eigenvalue weighted by Gasteiger charge is 2.29. The highest BCUT2D eigenvalue weighted by Crippen LogP contribution is 2.41. The molecule has 3 rings (SSSR count). The molecular formula is C16H25NO. The summed E-state index contributed by atoms with van der Waals surface area (Å²) in [5, 5.41) is 10.1. The van der Waals surface area contributed by atoms with Crippen LogP contribution in [0.25, 0.3) is 0 Å². The highest BCUT2D eigenvalue weighted by atomic mass is 16.3. The van der Waals surface area contributed by atoms with E-state index in [0.29, 0.717) is 6.04 Å². The molecule has 100 valence electrons. The normalized spacial score (nSPS) is 24.9. The van der Waals surface area contributed by atoms with Crippen molar-refractivity contribution in [1.29, 1.82) is 0 Å². The van der Waals surface area contributed by atoms with Crippen LogP contribution in [0.4, 0.5) is 0 Å². The van der Waals surface area contributed by atoms with Crippen LogP contribution in [0, 0.1) is 12.8 Å². The standard InChI is InChI=1S/C16H25NO/c1-3-13(10-12-7-8-12)17-11(2)9-14-15(17)5-4-6-16(14)18/h9,12-13,16,18H,3-8,10H2,1-2H3. The van der Waals surface area contributed by atoms with Gasteiger partial charge in [0.05, 0.1) is 6.10 Å². The monoisotopic (exact) mass is 247 g/mol. The first kappa shape index (κ1) is 12.3. The van der Waals surface area contributed by atoms with E-state index in [1.165, 1.54) is 42.6 Å². The Morgan fingerprint density at radius 1 is 1.39 bits per heavy atom. The van der Waals surface area contributed by atoms with E-state index in [1.54, 1.807) is 0 Å². The maximum absolute atomic E-state index is 10.1. The molecule has 1 aromatic rings. The molecule has 0 saturated heterocycles. The fourth-order valence-corrected chi connectivity index (χ4v) is 3.60. The SMILES string of the molecule is CCC(CC1CC1)n1c(C)cc2c1CCCC2O. The number of aryl methyl sites for hydroxylation is 1. The average Bonchev–Trinajstić information content (AvgIpc) is 3.10. The number of aliphatic hydroxyl groups is 1. The smallest absolute Gasteiger partial charge is 0.0807 e. The molecule has 0 amide bonds. The second-order valence-corrected chi connectivity index (χ2v) is 6.21. The minimum Gasteiger partial charge on any atom is -0.388 e. The third-order valence-corrected chi connectivity index (χ3v) is 4.76. The van der Waals surface area contributed by atoms with E-state index in [0.717, 1.165) is 25.2 Å². The van der Waals surface area contributed by atoms with Crippen LogP contribution in [0.5, 0.6) is 0 Å². The summed E-state index contributed by atoms with van der Waals surface area (Å²) in [5.41, 5.74) is 4.00. The lowest BCUT2D eigenvalue weighted by Gasteiger charge is -2.26. The quantitative estimate of drug-likeness (QED) is 0.857. The number of aromatic nitrogens is 1. The van der Waals surface area contributed by atoms with Crippen molar-refractivity contribution in [1.82, 2.24) is 4.57 Å². The van der Waals surface area contributed by atoms with Crippen molar-refractivity contribution in [3.05, 3.63) is 23.0 Å². The predicted molar refractivity (Wildman–Crippen MR) is 73.7 cm³/mol. The van der Waals surface area contributed by atoms with Gasteiger partial charge in [0.1, 0.15) is 0 Å². The zero-order valence-corrected chi connectivity index (χ0v) is 11.7. The van der Waals surface area contributed by atoms with E-state index in [9.17, 15) is 5.11 Å². The van der Waals surface area contributed by atoms with Crippen LogP contribution in [-0.4, -0.2) is 9.67 Å². The van der Waals surface area contributed by atoms with Crippen molar-refractivity contribution in [2.45, 2.75) is 70.9 Å². The molecule has 18 heavy (non-hydrogen) atoms. The summed E-state index contributed by atoms with van der Waals surface area (Å²) in [6.07, 6.45) is 8.44. The molecule has 0 radical (unpaired) electrons. The average molecular weight is 247 g/mol. The van der Waals surface area contributed by atoms with Crippen molar-refractivity contribution in [3.63, 3.8) is 0 Å². The highest BCUT2D eigenvalue weighted by molar-refractivity contribution is 5.32. The summed E-state index contributed by atoms with van der Waals surface area (Å²) in [6, 6.07) is 2.89. The van der Waals surface area contributed by atoms with Crippen molar-refractivity contribution in [2.75, 3.05) is 0 Å². The number of aliphatic hydroxyl groups excluding tert-OH is 1. The van der Waals surface area contributed by atoms with Crippen LogP contribution in [0.15, 0.2) is 6.07 Å². The molecule has 2 atom stereocenters. The number of hydrogen-bond acceptors (Lipinski definition) is 1. The molecule has 2 heteroatoms. The minimum atomic E-state index is -0.216. The fraction of sp³-hybridized carbons (Fsp3) is 0.750. The van der Waals surface area contributed by atoms with Crippen molar-refractivity contribution in [2.24, 2.45) is 5.92 Å². The topological polar surface area (TPSA) is 25.2 Å². The summed E-state index contributed by atoms with van der Waals surface area (Å²) < 4.78 is 2.55. The van der Waals surface area contributed by atoms with Gasteiger partial charge >= 0.3 is 0 Å². The van der Waals surface area contributed by atoms with Crippen molar-refractivity contribution >= 4 is 0 Å². The van der Waals surface area contributed by atoms with Gasteiger partial charge in [0.25, 0.3) is 0 Å². The van der Waals surface area contributed by atoms with Crippen LogP contribution in [0.3, 0.4) is 0 Å². The molecule has 0 spiro atoms. The first-order valence-corrected chi connectivity index (χ1v) is 7.59. The molecule has 1 fully saturated rings. The number of hydrogen-bond donors (Lipinski definition) is 1. The second-order valence-electron chi connectivity index (χ2n) is 6.21. The van der Waals surface area contributed by atoms with Gasteiger partial charge in [0.15, 0.2) is 0 Å². The fourth-order valence-electron chi connectivity index (χ4n) is 3.60. The van der Waals surface area contributed by atoms with E-state index in [1.807, 2.05) is 0 Å². The maximum atomic E-state index is 10.1. The zero-order chi connectivity index (χ0) is 12.7. The van der Waals surface area contributed by atoms with Crippen molar-refractivity contribution in [3.8, 4) is 0 Å². The largest absolute Gasteiger partial charge is 0.388 e. The first-order chi connectivity index (χ1) is 8.70. The summed E-state index contributed by atoms with van der Waals surface area (Å²) in [6.45, 7) is 4.51. The molecule has 0 aliphatic heterocycles. The number of fused-ring (bicyclic) bond motifs is 1. The van der Waals surface area contributed by atoms with E-state index in [-0.39, 0.29) is 6.10 Å². The van der Waals surface area contributed by atoms with Gasteiger partial charge in [-0.15, -0.1) is 0 Å². The lowest BCUT2D eigenvalue weighted by atomic mass is 9.94. The van der Waals surface area contributed by atoms with E-state index >= 15 is 0 Å².